The molecule has 0 amide bonds. The van der Waals surface area contributed by atoms with E-state index in [9.17, 15) is 16.8 Å². The summed E-state index contributed by atoms with van der Waals surface area (Å²) in [7, 11) is -6.36. The Morgan fingerprint density at radius 1 is 1.03 bits per heavy atom. The Balaban J connectivity index is 1.64. The molecule has 3 aromatic rings. The molecule has 0 saturated heterocycles. The second kappa shape index (κ2) is 7.99. The summed E-state index contributed by atoms with van der Waals surface area (Å²) >= 11 is 1.02. The van der Waals surface area contributed by atoms with Crippen LogP contribution in [0.5, 0.6) is 5.75 Å². The summed E-state index contributed by atoms with van der Waals surface area (Å²) in [4.78, 5) is 4.16. The lowest BCUT2D eigenvalue weighted by Gasteiger charge is -2.13. The first kappa shape index (κ1) is 20.8. The van der Waals surface area contributed by atoms with E-state index in [0.717, 1.165) is 29.7 Å². The van der Waals surface area contributed by atoms with Gasteiger partial charge in [-0.15, -0.1) is 11.3 Å². The molecule has 158 valence electrons. The van der Waals surface area contributed by atoms with E-state index in [1.165, 1.54) is 31.5 Å². The van der Waals surface area contributed by atoms with Gasteiger partial charge in [-0.1, -0.05) is 30.3 Å². The van der Waals surface area contributed by atoms with Gasteiger partial charge in [-0.25, -0.2) is 26.5 Å². The average molecular weight is 466 g/mol. The van der Waals surface area contributed by atoms with Crippen LogP contribution in [-0.4, -0.2) is 35.0 Å². The number of nitrogens with zero attached hydrogens (tertiary/aromatic N) is 1. The zero-order valence-corrected chi connectivity index (χ0v) is 18.4. The molecule has 11 heteroatoms. The van der Waals surface area contributed by atoms with Crippen molar-refractivity contribution in [1.29, 1.82) is 0 Å². The van der Waals surface area contributed by atoms with Gasteiger partial charge in [0.25, 0.3) is 10.0 Å². The van der Waals surface area contributed by atoms with Gasteiger partial charge in [-0.2, -0.15) is 0 Å². The highest BCUT2D eigenvalue weighted by atomic mass is 32.2. The van der Waals surface area contributed by atoms with Crippen molar-refractivity contribution in [2.24, 2.45) is 0 Å². The fourth-order valence-corrected chi connectivity index (χ4v) is 6.24. The maximum absolute atomic E-state index is 12.9. The molecule has 0 aliphatic heterocycles. The van der Waals surface area contributed by atoms with Gasteiger partial charge in [0.15, 0.2) is 4.21 Å². The number of anilines is 1. The summed E-state index contributed by atoms with van der Waals surface area (Å²) in [5, 5.41) is 0.563. The van der Waals surface area contributed by atoms with E-state index in [0.29, 0.717) is 5.01 Å². The Bertz CT molecular complexity index is 1270. The molecule has 1 fully saturated rings. The molecule has 2 N–H and O–H groups in total. The fraction of sp³-hybridized carbons (Fsp3) is 0.211. The van der Waals surface area contributed by atoms with E-state index in [-0.39, 0.29) is 26.6 Å². The number of ether oxygens (including phenoxy) is 1. The Morgan fingerprint density at radius 3 is 2.43 bits per heavy atom. The third-order valence-corrected chi connectivity index (χ3v) is 8.79. The summed E-state index contributed by atoms with van der Waals surface area (Å²) in [6, 6.07) is 13.2. The van der Waals surface area contributed by atoms with E-state index in [1.807, 2.05) is 30.3 Å². The first-order valence-corrected chi connectivity index (χ1v) is 12.8. The predicted molar refractivity (Wildman–Crippen MR) is 115 cm³/mol. The highest BCUT2D eigenvalue weighted by molar-refractivity contribution is 7.94. The van der Waals surface area contributed by atoms with Gasteiger partial charge >= 0.3 is 0 Å². The summed E-state index contributed by atoms with van der Waals surface area (Å²) in [5.41, 5.74) is 0.839. The van der Waals surface area contributed by atoms with Crippen molar-refractivity contribution in [1.82, 2.24) is 9.71 Å². The number of hydrogen-bond donors (Lipinski definition) is 2. The lowest BCUT2D eigenvalue weighted by Crippen LogP contribution is -2.25. The highest BCUT2D eigenvalue weighted by Gasteiger charge is 2.29. The zero-order valence-electron chi connectivity index (χ0n) is 15.9. The minimum absolute atomic E-state index is 0.00720. The van der Waals surface area contributed by atoms with Crippen molar-refractivity contribution in [2.45, 2.75) is 28.0 Å². The Kier molecular flexibility index (Phi) is 5.53. The molecule has 1 saturated carbocycles. The Hall–Kier alpha value is -2.47. The second-order valence-corrected chi connectivity index (χ2v) is 11.4. The zero-order chi connectivity index (χ0) is 21.4. The van der Waals surface area contributed by atoms with Crippen LogP contribution in [0.15, 0.2) is 63.8 Å². The minimum Gasteiger partial charge on any atom is -0.495 e. The number of sulfonamides is 2. The van der Waals surface area contributed by atoms with Crippen molar-refractivity contribution in [3.05, 3.63) is 54.7 Å². The van der Waals surface area contributed by atoms with Crippen molar-refractivity contribution in [3.8, 4) is 16.3 Å². The van der Waals surface area contributed by atoms with Crippen molar-refractivity contribution in [2.75, 3.05) is 11.8 Å². The van der Waals surface area contributed by atoms with Crippen molar-refractivity contribution < 1.29 is 21.6 Å². The molecule has 2 aromatic carbocycles. The predicted octanol–water partition coefficient (Wildman–Crippen LogP) is 3.06. The van der Waals surface area contributed by atoms with E-state index < -0.39 is 20.0 Å². The summed E-state index contributed by atoms with van der Waals surface area (Å²) < 4.78 is 61.0. The van der Waals surface area contributed by atoms with Crippen LogP contribution < -0.4 is 14.2 Å². The van der Waals surface area contributed by atoms with Crippen LogP contribution in [0, 0.1) is 0 Å². The molecule has 0 spiro atoms. The molecular formula is C19H19N3O5S3. The number of thiazole rings is 1. The quantitative estimate of drug-likeness (QED) is 0.528. The molecule has 30 heavy (non-hydrogen) atoms. The third-order valence-electron chi connectivity index (χ3n) is 4.39. The topological polar surface area (TPSA) is 114 Å². The number of rotatable bonds is 8. The third kappa shape index (κ3) is 4.48. The maximum Gasteiger partial charge on any atom is 0.273 e. The fourth-order valence-electron chi connectivity index (χ4n) is 2.72. The monoisotopic (exact) mass is 465 g/mol. The molecule has 0 atom stereocenters. The van der Waals surface area contributed by atoms with Gasteiger partial charge in [-0.3, -0.25) is 4.72 Å². The van der Waals surface area contributed by atoms with Gasteiger partial charge in [0.2, 0.25) is 10.0 Å². The van der Waals surface area contributed by atoms with Gasteiger partial charge in [0, 0.05) is 11.6 Å². The van der Waals surface area contributed by atoms with Gasteiger partial charge in [0.1, 0.15) is 10.8 Å². The smallest absolute Gasteiger partial charge is 0.273 e. The van der Waals surface area contributed by atoms with Crippen molar-refractivity contribution in [3.63, 3.8) is 0 Å². The number of hydrogen-bond acceptors (Lipinski definition) is 7. The molecule has 8 nitrogen and oxygen atoms in total. The van der Waals surface area contributed by atoms with Crippen LogP contribution in [0.25, 0.3) is 10.6 Å². The van der Waals surface area contributed by atoms with Crippen molar-refractivity contribution >= 4 is 37.1 Å². The lowest BCUT2D eigenvalue weighted by atomic mass is 10.2. The van der Waals surface area contributed by atoms with Crippen LogP contribution in [-0.2, 0) is 20.0 Å². The molecule has 1 aliphatic rings. The number of nitrogens with one attached hydrogen (secondary N) is 2. The van der Waals surface area contributed by atoms with Crippen LogP contribution in [0.4, 0.5) is 5.69 Å². The van der Waals surface area contributed by atoms with Crippen LogP contribution in [0.3, 0.4) is 0 Å². The number of aromatic nitrogens is 1. The Labute approximate surface area is 179 Å². The van der Waals surface area contributed by atoms with E-state index >= 15 is 0 Å². The lowest BCUT2D eigenvalue weighted by molar-refractivity contribution is 0.416. The molecule has 1 aliphatic carbocycles. The first-order valence-electron chi connectivity index (χ1n) is 9.03. The van der Waals surface area contributed by atoms with Crippen LogP contribution in [0.2, 0.25) is 0 Å². The van der Waals surface area contributed by atoms with E-state index in [1.54, 1.807) is 0 Å². The summed E-state index contributed by atoms with van der Waals surface area (Å²) in [5.74, 6) is 0.205. The SMILES string of the molecule is COc1ccc(S(=O)(=O)NC2CC2)cc1NS(=O)(=O)c1cnc(-c2ccccc2)s1. The number of benzene rings is 2. The molecular weight excluding hydrogens is 446 g/mol. The molecule has 1 aromatic heterocycles. The Morgan fingerprint density at radius 2 is 1.77 bits per heavy atom. The van der Waals surface area contributed by atoms with Gasteiger partial charge in [-0.05, 0) is 31.0 Å². The molecule has 0 radical (unpaired) electrons. The second-order valence-electron chi connectivity index (χ2n) is 6.71. The molecule has 0 unspecified atom stereocenters. The molecule has 0 bridgehead atoms. The molecule has 4 rings (SSSR count). The molecule has 1 heterocycles. The van der Waals surface area contributed by atoms with Crippen LogP contribution >= 0.6 is 11.3 Å². The first-order chi connectivity index (χ1) is 14.3. The largest absolute Gasteiger partial charge is 0.495 e. The average Bonchev–Trinajstić information content (AvgIpc) is 3.37. The standard InChI is InChI=1S/C19H19N3O5S3/c1-27-17-10-9-15(29(23,24)21-14-7-8-14)11-16(17)22-30(25,26)18-12-20-19(28-18)13-5-3-2-4-6-13/h2-6,9-12,14,21-22H,7-8H2,1H3. The maximum atomic E-state index is 12.9. The highest BCUT2D eigenvalue weighted by Crippen LogP contribution is 2.33. The summed E-state index contributed by atoms with van der Waals surface area (Å²) in [6.45, 7) is 0. The van der Waals surface area contributed by atoms with Gasteiger partial charge in [0.05, 0.1) is 23.9 Å². The van der Waals surface area contributed by atoms with Crippen LogP contribution in [0.1, 0.15) is 12.8 Å². The van der Waals surface area contributed by atoms with Gasteiger partial charge < -0.3 is 4.74 Å². The summed E-state index contributed by atoms with van der Waals surface area (Å²) in [6.07, 6.45) is 2.87. The minimum atomic E-state index is -4.00. The normalized spacial score (nSPS) is 14.4. The number of methoxy groups -OCH3 is 1. The van der Waals surface area contributed by atoms with E-state index in [4.69, 9.17) is 4.74 Å². The van der Waals surface area contributed by atoms with E-state index in [2.05, 4.69) is 14.4 Å².